The van der Waals surface area contributed by atoms with Crippen LogP contribution in [0.1, 0.15) is 36.2 Å². The van der Waals surface area contributed by atoms with Crippen molar-refractivity contribution < 1.29 is 14.7 Å². The van der Waals surface area contributed by atoms with Crippen LogP contribution in [0, 0.1) is 6.92 Å². The van der Waals surface area contributed by atoms with E-state index >= 15 is 0 Å². The van der Waals surface area contributed by atoms with Gasteiger partial charge in [0, 0.05) is 28.1 Å². The molecule has 112 valence electrons. The van der Waals surface area contributed by atoms with Gasteiger partial charge in [0.05, 0.1) is 12.0 Å². The van der Waals surface area contributed by atoms with Gasteiger partial charge in [0.25, 0.3) is 5.91 Å². The van der Waals surface area contributed by atoms with Crippen molar-refractivity contribution in [2.45, 2.75) is 33.2 Å². The van der Waals surface area contributed by atoms with Crippen LogP contribution in [-0.4, -0.2) is 34.5 Å². The molecule has 1 N–H and O–H groups in total. The van der Waals surface area contributed by atoms with E-state index in [-0.39, 0.29) is 24.9 Å². The van der Waals surface area contributed by atoms with Gasteiger partial charge in [0.15, 0.2) is 0 Å². The summed E-state index contributed by atoms with van der Waals surface area (Å²) in [6, 6.07) is 5.98. The van der Waals surface area contributed by atoms with E-state index in [0.717, 1.165) is 15.6 Å². The van der Waals surface area contributed by atoms with E-state index in [2.05, 4.69) is 6.07 Å². The Morgan fingerprint density at radius 2 is 2.05 bits per heavy atom. The van der Waals surface area contributed by atoms with Crippen molar-refractivity contribution >= 4 is 33.3 Å². The van der Waals surface area contributed by atoms with E-state index in [0.29, 0.717) is 5.56 Å². The third kappa shape index (κ3) is 3.42. The molecular weight excluding hydrogens is 286 g/mol. The normalized spacial score (nSPS) is 11.0. The molecule has 2 aromatic rings. The topological polar surface area (TPSA) is 57.6 Å². The molecule has 0 fully saturated rings. The first-order valence-corrected chi connectivity index (χ1v) is 7.78. The SMILES string of the molecule is Cc1ccc2c(C(=O)N(CCC(=O)O)C(C)C)csc2c1. The molecule has 2 rings (SSSR count). The van der Waals surface area contributed by atoms with Crippen LogP contribution in [0.4, 0.5) is 0 Å². The number of carboxylic acids is 1. The Morgan fingerprint density at radius 3 is 2.67 bits per heavy atom. The zero-order valence-electron chi connectivity index (χ0n) is 12.4. The van der Waals surface area contributed by atoms with Crippen LogP contribution >= 0.6 is 11.3 Å². The summed E-state index contributed by atoms with van der Waals surface area (Å²) in [5.41, 5.74) is 1.82. The first kappa shape index (κ1) is 15.5. The summed E-state index contributed by atoms with van der Waals surface area (Å²) in [7, 11) is 0. The first-order valence-electron chi connectivity index (χ1n) is 6.90. The molecule has 0 spiro atoms. The number of carbonyl (C=O) groups excluding carboxylic acids is 1. The molecule has 1 aromatic carbocycles. The Kier molecular flexibility index (Phi) is 4.63. The maximum atomic E-state index is 12.7. The molecule has 0 saturated heterocycles. The standard InChI is InChI=1S/C16H19NO3S/c1-10(2)17(7-6-15(18)19)16(20)13-9-21-14-8-11(3)4-5-12(13)14/h4-5,8-10H,6-7H2,1-3H3,(H,18,19). The highest BCUT2D eigenvalue weighted by Gasteiger charge is 2.22. The smallest absolute Gasteiger partial charge is 0.305 e. The van der Waals surface area contributed by atoms with Crippen molar-refractivity contribution in [2.24, 2.45) is 0 Å². The highest BCUT2D eigenvalue weighted by Crippen LogP contribution is 2.28. The van der Waals surface area contributed by atoms with Crippen LogP contribution in [0.5, 0.6) is 0 Å². The van der Waals surface area contributed by atoms with Crippen molar-refractivity contribution in [3.63, 3.8) is 0 Å². The Labute approximate surface area is 128 Å². The summed E-state index contributed by atoms with van der Waals surface area (Å²) >= 11 is 1.55. The lowest BCUT2D eigenvalue weighted by Gasteiger charge is -2.26. The lowest BCUT2D eigenvalue weighted by atomic mass is 10.1. The Morgan fingerprint density at radius 1 is 1.33 bits per heavy atom. The third-order valence-electron chi connectivity index (χ3n) is 3.41. The average molecular weight is 305 g/mol. The number of aryl methyl sites for hydroxylation is 1. The van der Waals surface area contributed by atoms with Gasteiger partial charge in [-0.3, -0.25) is 9.59 Å². The molecule has 0 aliphatic heterocycles. The summed E-state index contributed by atoms with van der Waals surface area (Å²) < 4.78 is 1.08. The van der Waals surface area contributed by atoms with E-state index in [9.17, 15) is 9.59 Å². The number of carboxylic acid groups (broad SMARTS) is 1. The second-order valence-electron chi connectivity index (χ2n) is 5.39. The van der Waals surface area contributed by atoms with E-state index < -0.39 is 5.97 Å². The van der Waals surface area contributed by atoms with Crippen molar-refractivity contribution in [3.8, 4) is 0 Å². The second-order valence-corrected chi connectivity index (χ2v) is 6.30. The Balaban J connectivity index is 2.32. The number of rotatable bonds is 5. The number of amides is 1. The fraction of sp³-hybridized carbons (Fsp3) is 0.375. The predicted octanol–water partition coefficient (Wildman–Crippen LogP) is 3.54. The zero-order valence-corrected chi connectivity index (χ0v) is 13.2. The van der Waals surface area contributed by atoms with Gasteiger partial charge in [-0.25, -0.2) is 0 Å². The van der Waals surface area contributed by atoms with E-state index in [1.54, 1.807) is 16.2 Å². The number of aliphatic carboxylic acids is 1. The van der Waals surface area contributed by atoms with Gasteiger partial charge in [0.2, 0.25) is 0 Å². The number of hydrogen-bond donors (Lipinski definition) is 1. The molecule has 4 nitrogen and oxygen atoms in total. The molecule has 0 aliphatic carbocycles. The van der Waals surface area contributed by atoms with Crippen LogP contribution in [0.15, 0.2) is 23.6 Å². The predicted molar refractivity (Wildman–Crippen MR) is 85.0 cm³/mol. The highest BCUT2D eigenvalue weighted by atomic mass is 32.1. The maximum Gasteiger partial charge on any atom is 0.305 e. The van der Waals surface area contributed by atoms with Crippen molar-refractivity contribution in [1.82, 2.24) is 4.90 Å². The number of benzene rings is 1. The van der Waals surface area contributed by atoms with Gasteiger partial charge in [-0.05, 0) is 32.4 Å². The van der Waals surface area contributed by atoms with Crippen molar-refractivity contribution in [3.05, 3.63) is 34.7 Å². The molecule has 0 aliphatic rings. The largest absolute Gasteiger partial charge is 0.481 e. The lowest BCUT2D eigenvalue weighted by molar-refractivity contribution is -0.137. The summed E-state index contributed by atoms with van der Waals surface area (Å²) in [6.45, 7) is 6.06. The summed E-state index contributed by atoms with van der Waals surface area (Å²) in [4.78, 5) is 25.1. The minimum absolute atomic E-state index is 0.0303. The van der Waals surface area contributed by atoms with Gasteiger partial charge >= 0.3 is 5.97 Å². The monoisotopic (exact) mass is 305 g/mol. The van der Waals surface area contributed by atoms with Crippen LogP contribution in [0.2, 0.25) is 0 Å². The van der Waals surface area contributed by atoms with Crippen LogP contribution in [0.3, 0.4) is 0 Å². The molecule has 21 heavy (non-hydrogen) atoms. The Hall–Kier alpha value is -1.88. The summed E-state index contributed by atoms with van der Waals surface area (Å²) in [6.07, 6.45) is -0.0366. The number of carbonyl (C=O) groups is 2. The minimum atomic E-state index is -0.890. The summed E-state index contributed by atoms with van der Waals surface area (Å²) in [5, 5.41) is 11.6. The molecule has 5 heteroatoms. The minimum Gasteiger partial charge on any atom is -0.481 e. The van der Waals surface area contributed by atoms with Crippen molar-refractivity contribution in [1.29, 1.82) is 0 Å². The van der Waals surface area contributed by atoms with Crippen LogP contribution in [0.25, 0.3) is 10.1 Å². The third-order valence-corrected chi connectivity index (χ3v) is 4.36. The average Bonchev–Trinajstić information content (AvgIpc) is 2.80. The fourth-order valence-corrected chi connectivity index (χ4v) is 3.30. The maximum absolute atomic E-state index is 12.7. The molecule has 1 heterocycles. The van der Waals surface area contributed by atoms with Gasteiger partial charge in [0.1, 0.15) is 0 Å². The number of thiophene rings is 1. The van der Waals surface area contributed by atoms with Crippen LogP contribution in [-0.2, 0) is 4.79 Å². The first-order chi connectivity index (χ1) is 9.90. The molecule has 0 saturated carbocycles. The molecular formula is C16H19NO3S. The summed E-state index contributed by atoms with van der Waals surface area (Å²) in [5.74, 6) is -0.986. The highest BCUT2D eigenvalue weighted by molar-refractivity contribution is 7.17. The van der Waals surface area contributed by atoms with E-state index in [1.807, 2.05) is 38.3 Å². The molecule has 0 unspecified atom stereocenters. The fourth-order valence-electron chi connectivity index (χ4n) is 2.27. The number of hydrogen-bond acceptors (Lipinski definition) is 3. The van der Waals surface area contributed by atoms with E-state index in [1.165, 1.54) is 0 Å². The van der Waals surface area contributed by atoms with E-state index in [4.69, 9.17) is 5.11 Å². The molecule has 0 bridgehead atoms. The Bertz CT molecular complexity index is 675. The quantitative estimate of drug-likeness (QED) is 0.919. The molecule has 0 atom stereocenters. The second kappa shape index (κ2) is 6.26. The van der Waals surface area contributed by atoms with Crippen molar-refractivity contribution in [2.75, 3.05) is 6.54 Å². The molecule has 1 amide bonds. The lowest BCUT2D eigenvalue weighted by Crippen LogP contribution is -2.38. The van der Waals surface area contributed by atoms with Crippen LogP contribution < -0.4 is 0 Å². The van der Waals surface area contributed by atoms with Gasteiger partial charge in [-0.1, -0.05) is 12.1 Å². The molecule has 0 radical (unpaired) electrons. The number of nitrogens with zero attached hydrogens (tertiary/aromatic N) is 1. The van der Waals surface area contributed by atoms with Gasteiger partial charge < -0.3 is 10.0 Å². The number of fused-ring (bicyclic) bond motifs is 1. The molecule has 1 aromatic heterocycles. The zero-order chi connectivity index (χ0) is 15.6. The van der Waals surface area contributed by atoms with Gasteiger partial charge in [-0.15, -0.1) is 11.3 Å². The van der Waals surface area contributed by atoms with Gasteiger partial charge in [-0.2, -0.15) is 0 Å².